The average molecular weight is 344 g/mol. The number of carbonyl (C=O) groups is 1. The van der Waals surface area contributed by atoms with Gasteiger partial charge in [0.25, 0.3) is 0 Å². The molecule has 3 aliphatic carbocycles. The number of rotatable bonds is 2. The number of phenols is 1. The van der Waals surface area contributed by atoms with E-state index in [0.29, 0.717) is 43.0 Å². The molecule has 0 radical (unpaired) electrons. The quantitative estimate of drug-likeness (QED) is 0.860. The van der Waals surface area contributed by atoms with Crippen molar-refractivity contribution in [1.82, 2.24) is 0 Å². The highest BCUT2D eigenvalue weighted by Gasteiger charge is 2.54. The summed E-state index contributed by atoms with van der Waals surface area (Å²) in [7, 11) is 0. The van der Waals surface area contributed by atoms with Crippen LogP contribution in [0.2, 0.25) is 0 Å². The van der Waals surface area contributed by atoms with Crippen molar-refractivity contribution in [3.8, 4) is 11.5 Å². The van der Waals surface area contributed by atoms with Crippen LogP contribution in [0.25, 0.3) is 0 Å². The van der Waals surface area contributed by atoms with E-state index in [9.17, 15) is 15.0 Å². The highest BCUT2D eigenvalue weighted by Crippen LogP contribution is 2.60. The molecule has 1 aromatic carbocycles. The first-order valence-corrected chi connectivity index (χ1v) is 9.62. The SMILES string of the molecule is CCOc1cc2c(cc1O)CC(=O)CC1C2CC[C@@]2(C)C1CC[C@@H]2O. The minimum absolute atomic E-state index is 0.0500. The Kier molecular flexibility index (Phi) is 4.06. The smallest absolute Gasteiger partial charge is 0.161 e. The number of carbonyl (C=O) groups excluding carboxylic acids is 1. The summed E-state index contributed by atoms with van der Waals surface area (Å²) in [5, 5.41) is 20.7. The first-order valence-electron chi connectivity index (χ1n) is 9.62. The number of Topliss-reactive ketones (excluding diaryl/α,β-unsaturated/α-hetero) is 1. The summed E-state index contributed by atoms with van der Waals surface area (Å²) in [5.41, 5.74) is 2.09. The molecule has 1 aromatic rings. The zero-order chi connectivity index (χ0) is 17.8. The molecular weight excluding hydrogens is 316 g/mol. The number of hydrogen-bond donors (Lipinski definition) is 2. The fourth-order valence-corrected chi connectivity index (χ4v) is 5.88. The molecule has 0 spiro atoms. The summed E-state index contributed by atoms with van der Waals surface area (Å²) >= 11 is 0. The molecule has 0 amide bonds. The summed E-state index contributed by atoms with van der Waals surface area (Å²) in [6.07, 6.45) is 4.60. The lowest BCUT2D eigenvalue weighted by Gasteiger charge is -2.47. The maximum atomic E-state index is 12.6. The van der Waals surface area contributed by atoms with E-state index < -0.39 is 0 Å². The van der Waals surface area contributed by atoms with Gasteiger partial charge in [-0.2, -0.15) is 0 Å². The molecule has 0 bridgehead atoms. The summed E-state index contributed by atoms with van der Waals surface area (Å²) in [5.74, 6) is 1.93. The summed E-state index contributed by atoms with van der Waals surface area (Å²) < 4.78 is 5.60. The van der Waals surface area contributed by atoms with E-state index in [1.54, 1.807) is 6.07 Å². The number of ketones is 1. The standard InChI is InChI=1S/C21H28O4/c1-3-25-19-11-15-12(9-18(19)23)8-13(22)10-16-14(15)6-7-21(2)17(16)4-5-20(21)24/h9,11,14,16-17,20,23-24H,3-8,10H2,1-2H3/t14?,16?,17?,20-,21-/m0/s1. The number of aliphatic hydroxyl groups is 1. The molecule has 4 heteroatoms. The van der Waals surface area contributed by atoms with Gasteiger partial charge in [0, 0.05) is 12.8 Å². The van der Waals surface area contributed by atoms with E-state index in [0.717, 1.165) is 31.2 Å². The van der Waals surface area contributed by atoms with Crippen molar-refractivity contribution in [2.75, 3.05) is 6.61 Å². The molecule has 0 aromatic heterocycles. The minimum Gasteiger partial charge on any atom is -0.504 e. The normalized spacial score (nSPS) is 37.0. The van der Waals surface area contributed by atoms with Crippen LogP contribution in [0, 0.1) is 17.3 Å². The topological polar surface area (TPSA) is 66.8 Å². The van der Waals surface area contributed by atoms with Crippen molar-refractivity contribution in [3.05, 3.63) is 23.3 Å². The second kappa shape index (κ2) is 6.01. The van der Waals surface area contributed by atoms with Crippen molar-refractivity contribution < 1.29 is 19.7 Å². The molecule has 3 aliphatic rings. The largest absolute Gasteiger partial charge is 0.504 e. The van der Waals surface area contributed by atoms with Crippen LogP contribution in [-0.4, -0.2) is 28.7 Å². The molecule has 25 heavy (non-hydrogen) atoms. The molecule has 136 valence electrons. The maximum Gasteiger partial charge on any atom is 0.161 e. The van der Waals surface area contributed by atoms with Crippen molar-refractivity contribution >= 4 is 5.78 Å². The van der Waals surface area contributed by atoms with E-state index in [1.807, 2.05) is 13.0 Å². The third-order valence-corrected chi connectivity index (χ3v) is 7.16. The predicted octanol–water partition coefficient (Wildman–Crippen LogP) is 3.58. The Morgan fingerprint density at radius 2 is 2.08 bits per heavy atom. The molecule has 2 saturated carbocycles. The fourth-order valence-electron chi connectivity index (χ4n) is 5.88. The molecule has 4 rings (SSSR count). The van der Waals surface area contributed by atoms with Gasteiger partial charge in [-0.15, -0.1) is 0 Å². The number of hydrogen-bond acceptors (Lipinski definition) is 4. The van der Waals surface area contributed by atoms with Crippen LogP contribution < -0.4 is 4.74 Å². The maximum absolute atomic E-state index is 12.6. The number of benzene rings is 1. The highest BCUT2D eigenvalue weighted by atomic mass is 16.5. The van der Waals surface area contributed by atoms with Gasteiger partial charge in [0.05, 0.1) is 12.7 Å². The molecular formula is C21H28O4. The first kappa shape index (κ1) is 16.9. The molecule has 2 fully saturated rings. The molecule has 0 saturated heterocycles. The molecule has 3 unspecified atom stereocenters. The van der Waals surface area contributed by atoms with Crippen LogP contribution in [0.1, 0.15) is 63.0 Å². The molecule has 0 heterocycles. The second-order valence-corrected chi connectivity index (χ2v) is 8.39. The average Bonchev–Trinajstić information content (AvgIpc) is 2.79. The van der Waals surface area contributed by atoms with Gasteiger partial charge < -0.3 is 14.9 Å². The van der Waals surface area contributed by atoms with Gasteiger partial charge in [0.2, 0.25) is 0 Å². The summed E-state index contributed by atoms with van der Waals surface area (Å²) in [4.78, 5) is 12.6. The van der Waals surface area contributed by atoms with Crippen LogP contribution >= 0.6 is 0 Å². The Bertz CT molecular complexity index is 697. The fraction of sp³-hybridized carbons (Fsp3) is 0.667. The Balaban J connectivity index is 1.78. The number of aromatic hydroxyl groups is 1. The first-order chi connectivity index (χ1) is 11.9. The highest BCUT2D eigenvalue weighted by molar-refractivity contribution is 5.83. The lowest BCUT2D eigenvalue weighted by molar-refractivity contribution is -0.121. The Hall–Kier alpha value is -1.55. The van der Waals surface area contributed by atoms with Gasteiger partial charge in [-0.3, -0.25) is 4.79 Å². The monoisotopic (exact) mass is 344 g/mol. The second-order valence-electron chi connectivity index (χ2n) is 8.39. The number of aliphatic hydroxyl groups excluding tert-OH is 1. The molecule has 5 atom stereocenters. The summed E-state index contributed by atoms with van der Waals surface area (Å²) in [6.45, 7) is 4.62. The summed E-state index contributed by atoms with van der Waals surface area (Å²) in [6, 6.07) is 3.70. The Labute approximate surface area is 149 Å². The van der Waals surface area contributed by atoms with Crippen LogP contribution in [-0.2, 0) is 11.2 Å². The predicted molar refractivity (Wildman–Crippen MR) is 94.9 cm³/mol. The van der Waals surface area contributed by atoms with Gasteiger partial charge in [0.15, 0.2) is 11.5 Å². The Morgan fingerprint density at radius 1 is 1.28 bits per heavy atom. The lowest BCUT2D eigenvalue weighted by atomic mass is 9.58. The van der Waals surface area contributed by atoms with Crippen LogP contribution in [0.4, 0.5) is 0 Å². The van der Waals surface area contributed by atoms with Crippen molar-refractivity contribution in [3.63, 3.8) is 0 Å². The zero-order valence-corrected chi connectivity index (χ0v) is 15.1. The number of phenolic OH excluding ortho intramolecular Hbond substituents is 1. The molecule has 2 N–H and O–H groups in total. The van der Waals surface area contributed by atoms with E-state index >= 15 is 0 Å². The number of fused-ring (bicyclic) bond motifs is 5. The Morgan fingerprint density at radius 3 is 2.84 bits per heavy atom. The van der Waals surface area contributed by atoms with Gasteiger partial charge in [-0.25, -0.2) is 0 Å². The minimum atomic E-state index is -0.241. The van der Waals surface area contributed by atoms with E-state index in [2.05, 4.69) is 6.92 Å². The van der Waals surface area contributed by atoms with E-state index in [-0.39, 0.29) is 23.1 Å². The van der Waals surface area contributed by atoms with Gasteiger partial charge in [-0.05, 0) is 79.0 Å². The van der Waals surface area contributed by atoms with E-state index in [1.165, 1.54) is 5.56 Å². The van der Waals surface area contributed by atoms with Crippen LogP contribution in [0.3, 0.4) is 0 Å². The lowest BCUT2D eigenvalue weighted by Crippen LogP contribution is -2.42. The van der Waals surface area contributed by atoms with Gasteiger partial charge in [0.1, 0.15) is 5.78 Å². The zero-order valence-electron chi connectivity index (χ0n) is 15.1. The number of ether oxygens (including phenoxy) is 1. The third kappa shape index (κ3) is 2.57. The molecule has 4 nitrogen and oxygen atoms in total. The van der Waals surface area contributed by atoms with Crippen molar-refractivity contribution in [2.45, 2.75) is 64.4 Å². The molecule has 0 aliphatic heterocycles. The van der Waals surface area contributed by atoms with Gasteiger partial charge >= 0.3 is 0 Å². The van der Waals surface area contributed by atoms with Gasteiger partial charge in [-0.1, -0.05) is 6.92 Å². The van der Waals surface area contributed by atoms with E-state index in [4.69, 9.17) is 4.74 Å². The van der Waals surface area contributed by atoms with Crippen molar-refractivity contribution in [2.24, 2.45) is 17.3 Å². The van der Waals surface area contributed by atoms with Crippen molar-refractivity contribution in [1.29, 1.82) is 0 Å². The van der Waals surface area contributed by atoms with Crippen LogP contribution in [0.5, 0.6) is 11.5 Å². The third-order valence-electron chi connectivity index (χ3n) is 7.16. The van der Waals surface area contributed by atoms with Crippen LogP contribution in [0.15, 0.2) is 12.1 Å².